The second-order valence-electron chi connectivity index (χ2n) is 14.7. The van der Waals surface area contributed by atoms with Crippen molar-refractivity contribution in [3.63, 3.8) is 0 Å². The zero-order chi connectivity index (χ0) is 37.5. The molecule has 0 atom stereocenters. The highest BCUT2D eigenvalue weighted by atomic mass is 32.1. The number of thiophene rings is 1. The molecule has 0 N–H and O–H groups in total. The predicted octanol–water partition coefficient (Wildman–Crippen LogP) is 13.4. The van der Waals surface area contributed by atoms with Crippen LogP contribution in [0, 0.1) is 0 Å². The third-order valence-electron chi connectivity index (χ3n) is 11.4. The number of furan rings is 1. The summed E-state index contributed by atoms with van der Waals surface area (Å²) in [4.78, 5) is 15.7. The molecular formula is C51H32N4OS. The van der Waals surface area contributed by atoms with Gasteiger partial charge in [0.05, 0.1) is 11.2 Å². The number of fused-ring (bicyclic) bond motifs is 10. The molecule has 0 bridgehead atoms. The first-order chi connectivity index (χ1) is 28.2. The number of nitrogens with zero attached hydrogens (tertiary/aromatic N) is 4. The fourth-order valence-electron chi connectivity index (χ4n) is 8.81. The zero-order valence-electron chi connectivity index (χ0n) is 30.7. The van der Waals surface area contributed by atoms with Crippen molar-refractivity contribution in [2.24, 2.45) is 0 Å². The first-order valence-electron chi connectivity index (χ1n) is 19.3. The van der Waals surface area contributed by atoms with Crippen LogP contribution >= 0.6 is 11.3 Å². The van der Waals surface area contributed by atoms with E-state index in [2.05, 4.69) is 150 Å². The van der Waals surface area contributed by atoms with Crippen molar-refractivity contribution < 1.29 is 4.42 Å². The fraction of sp³-hybridized carbons (Fsp3) is 0.0392. The molecule has 12 rings (SSSR count). The molecule has 6 heteroatoms. The zero-order valence-corrected chi connectivity index (χ0v) is 31.5. The standard InChI is InChI=1S/C51H32N4OS/c1-3-13-31(14-4-1)36-21-12-24-44-46(36)41-26-25-34(30-45(41)57-44)33-17-11-18-35(29-33)50-52-49(32-15-5-2-6-16-32)53-51(54-50)55-42-22-9-7-19-37(42)39-27-28-40-38-20-8-10-23-43(38)56-48(40)47(39)55/h1-26,29-30H,27-28H2. The van der Waals surface area contributed by atoms with Crippen LogP contribution < -0.4 is 0 Å². The molecule has 0 saturated carbocycles. The van der Waals surface area contributed by atoms with Gasteiger partial charge in [-0.15, -0.1) is 11.3 Å². The van der Waals surface area contributed by atoms with Crippen LogP contribution in [0.25, 0.3) is 104 Å². The summed E-state index contributed by atoms with van der Waals surface area (Å²) in [6.07, 6.45) is 1.82. The lowest BCUT2D eigenvalue weighted by Gasteiger charge is -2.16. The Morgan fingerprint density at radius 1 is 0.474 bits per heavy atom. The summed E-state index contributed by atoms with van der Waals surface area (Å²) in [6, 6.07) is 59.8. The number of hydrogen-bond acceptors (Lipinski definition) is 5. The molecule has 268 valence electrons. The van der Waals surface area contributed by atoms with Gasteiger partial charge in [0, 0.05) is 47.6 Å². The van der Waals surface area contributed by atoms with E-state index in [1.807, 2.05) is 35.6 Å². The third kappa shape index (κ3) is 5.11. The van der Waals surface area contributed by atoms with E-state index >= 15 is 0 Å². The van der Waals surface area contributed by atoms with Crippen LogP contribution in [0.15, 0.2) is 174 Å². The highest BCUT2D eigenvalue weighted by Gasteiger charge is 2.31. The fourth-order valence-corrected chi connectivity index (χ4v) is 9.98. The Labute approximate surface area is 332 Å². The Morgan fingerprint density at radius 3 is 2.00 bits per heavy atom. The van der Waals surface area contributed by atoms with E-state index in [9.17, 15) is 0 Å². The Morgan fingerprint density at radius 2 is 1.14 bits per heavy atom. The lowest BCUT2D eigenvalue weighted by Crippen LogP contribution is -2.10. The highest BCUT2D eigenvalue weighted by Crippen LogP contribution is 2.46. The first kappa shape index (κ1) is 32.1. The molecule has 1 aliphatic rings. The summed E-state index contributed by atoms with van der Waals surface area (Å²) in [5, 5.41) is 4.94. The molecule has 1 aliphatic carbocycles. The van der Waals surface area contributed by atoms with Crippen LogP contribution in [0.5, 0.6) is 0 Å². The van der Waals surface area contributed by atoms with E-state index in [-0.39, 0.29) is 0 Å². The molecule has 0 amide bonds. The molecule has 11 aromatic rings. The second kappa shape index (κ2) is 12.7. The topological polar surface area (TPSA) is 56.7 Å². The first-order valence-corrected chi connectivity index (χ1v) is 20.1. The van der Waals surface area contributed by atoms with Gasteiger partial charge in [0.25, 0.3) is 0 Å². The van der Waals surface area contributed by atoms with Crippen molar-refractivity contribution >= 4 is 53.4 Å². The number of aryl methyl sites for hydroxylation is 2. The van der Waals surface area contributed by atoms with Gasteiger partial charge in [-0.05, 0) is 71.0 Å². The number of rotatable bonds is 5. The Bertz CT molecular complexity index is 3360. The molecule has 57 heavy (non-hydrogen) atoms. The van der Waals surface area contributed by atoms with Gasteiger partial charge < -0.3 is 4.42 Å². The van der Waals surface area contributed by atoms with Crippen molar-refractivity contribution in [3.8, 4) is 62.4 Å². The van der Waals surface area contributed by atoms with E-state index in [4.69, 9.17) is 19.4 Å². The third-order valence-corrected chi connectivity index (χ3v) is 12.5. The normalized spacial score (nSPS) is 12.4. The minimum atomic E-state index is 0.566. The summed E-state index contributed by atoms with van der Waals surface area (Å²) in [6.45, 7) is 0. The Balaban J connectivity index is 1.03. The number of hydrogen-bond donors (Lipinski definition) is 0. The second-order valence-corrected chi connectivity index (χ2v) is 15.8. The molecule has 0 saturated heterocycles. The maximum Gasteiger partial charge on any atom is 0.238 e. The van der Waals surface area contributed by atoms with Gasteiger partial charge in [-0.3, -0.25) is 4.57 Å². The minimum Gasteiger partial charge on any atom is -0.454 e. The lowest BCUT2D eigenvalue weighted by atomic mass is 9.92. The van der Waals surface area contributed by atoms with Gasteiger partial charge in [-0.1, -0.05) is 140 Å². The maximum absolute atomic E-state index is 6.69. The average Bonchev–Trinajstić information content (AvgIpc) is 3.96. The van der Waals surface area contributed by atoms with Gasteiger partial charge >= 0.3 is 0 Å². The molecule has 0 fully saturated rings. The summed E-state index contributed by atoms with van der Waals surface area (Å²) >= 11 is 1.84. The van der Waals surface area contributed by atoms with Crippen molar-refractivity contribution in [3.05, 3.63) is 181 Å². The van der Waals surface area contributed by atoms with Crippen LogP contribution in [0.1, 0.15) is 11.1 Å². The van der Waals surface area contributed by atoms with Crippen LogP contribution in [-0.2, 0) is 12.8 Å². The molecule has 0 unspecified atom stereocenters. The van der Waals surface area contributed by atoms with E-state index in [0.717, 1.165) is 57.6 Å². The summed E-state index contributed by atoms with van der Waals surface area (Å²) in [5.41, 5.74) is 12.1. The Kier molecular flexibility index (Phi) is 7.16. The van der Waals surface area contributed by atoms with Crippen molar-refractivity contribution in [2.45, 2.75) is 12.8 Å². The van der Waals surface area contributed by atoms with Crippen LogP contribution in [0.2, 0.25) is 0 Å². The molecule has 4 heterocycles. The van der Waals surface area contributed by atoms with Gasteiger partial charge in [0.2, 0.25) is 5.95 Å². The molecule has 0 spiro atoms. The lowest BCUT2D eigenvalue weighted by molar-refractivity contribution is 0.615. The number of aromatic nitrogens is 4. The largest absolute Gasteiger partial charge is 0.454 e. The maximum atomic E-state index is 6.69. The van der Waals surface area contributed by atoms with Crippen molar-refractivity contribution in [1.29, 1.82) is 0 Å². The number of para-hydroxylation sites is 2. The monoisotopic (exact) mass is 748 g/mol. The van der Waals surface area contributed by atoms with E-state index in [1.165, 1.54) is 53.2 Å². The predicted molar refractivity (Wildman–Crippen MR) is 234 cm³/mol. The van der Waals surface area contributed by atoms with E-state index in [1.54, 1.807) is 0 Å². The summed E-state index contributed by atoms with van der Waals surface area (Å²) in [7, 11) is 0. The van der Waals surface area contributed by atoms with Gasteiger partial charge in [0.1, 0.15) is 5.58 Å². The molecular weight excluding hydrogens is 717 g/mol. The van der Waals surface area contributed by atoms with Gasteiger partial charge in [-0.2, -0.15) is 9.97 Å². The van der Waals surface area contributed by atoms with Crippen LogP contribution in [0.3, 0.4) is 0 Å². The smallest absolute Gasteiger partial charge is 0.238 e. The van der Waals surface area contributed by atoms with Crippen LogP contribution in [0.4, 0.5) is 0 Å². The highest BCUT2D eigenvalue weighted by molar-refractivity contribution is 7.26. The molecule has 0 aliphatic heterocycles. The summed E-state index contributed by atoms with van der Waals surface area (Å²) < 4.78 is 11.4. The minimum absolute atomic E-state index is 0.566. The summed E-state index contributed by atoms with van der Waals surface area (Å²) in [5.74, 6) is 2.69. The number of benzene rings is 7. The van der Waals surface area contributed by atoms with E-state index < -0.39 is 0 Å². The Hall–Kier alpha value is -7.15. The van der Waals surface area contributed by atoms with Crippen LogP contribution in [-0.4, -0.2) is 19.5 Å². The molecule has 4 aromatic heterocycles. The van der Waals surface area contributed by atoms with Crippen molar-refractivity contribution in [2.75, 3.05) is 0 Å². The quantitative estimate of drug-likeness (QED) is 0.176. The molecule has 5 nitrogen and oxygen atoms in total. The average molecular weight is 749 g/mol. The van der Waals surface area contributed by atoms with Gasteiger partial charge in [0.15, 0.2) is 17.4 Å². The molecule has 0 radical (unpaired) electrons. The molecule has 7 aromatic carbocycles. The van der Waals surface area contributed by atoms with Gasteiger partial charge in [-0.25, -0.2) is 4.98 Å². The van der Waals surface area contributed by atoms with Crippen molar-refractivity contribution in [1.82, 2.24) is 19.5 Å². The SMILES string of the molecule is c1ccc(-c2nc(-c3cccc(-c4ccc5c(c4)sc4cccc(-c6ccccc6)c45)c3)nc(-n3c4c(c5ccccc53)CCc3c-4oc4ccccc34)n2)cc1. The van der Waals surface area contributed by atoms with E-state index in [0.29, 0.717) is 17.6 Å².